The van der Waals surface area contributed by atoms with Crippen LogP contribution in [0.3, 0.4) is 0 Å². The van der Waals surface area contributed by atoms with E-state index in [2.05, 4.69) is 11.2 Å². The van der Waals surface area contributed by atoms with Gasteiger partial charge < -0.3 is 14.8 Å². The summed E-state index contributed by atoms with van der Waals surface area (Å²) in [5.74, 6) is 3.09. The van der Waals surface area contributed by atoms with Crippen LogP contribution in [-0.2, 0) is 0 Å². The van der Waals surface area contributed by atoms with E-state index in [0.717, 1.165) is 0 Å². The quantitative estimate of drug-likeness (QED) is 0.522. The van der Waals surface area contributed by atoms with Gasteiger partial charge in [-0.25, -0.2) is 0 Å². The number of rotatable bonds is 5. The molecule has 13 heavy (non-hydrogen) atoms. The second-order valence-electron chi connectivity index (χ2n) is 2.69. The van der Waals surface area contributed by atoms with Crippen molar-refractivity contribution in [1.82, 2.24) is 5.32 Å². The van der Waals surface area contributed by atoms with Gasteiger partial charge in [0.2, 0.25) is 0 Å². The minimum absolute atomic E-state index is 0.467. The Morgan fingerprint density at radius 1 is 1.69 bits per heavy atom. The van der Waals surface area contributed by atoms with Crippen LogP contribution in [0.15, 0.2) is 22.8 Å². The molecule has 0 aliphatic rings. The van der Waals surface area contributed by atoms with Gasteiger partial charge in [-0.15, -0.1) is 12.3 Å². The average molecular weight is 179 g/mol. The van der Waals surface area contributed by atoms with Crippen LogP contribution in [0.1, 0.15) is 18.3 Å². The molecule has 0 bridgehead atoms. The van der Waals surface area contributed by atoms with E-state index in [4.69, 9.17) is 10.8 Å². The van der Waals surface area contributed by atoms with Crippen LogP contribution in [0.4, 0.5) is 0 Å². The van der Waals surface area contributed by atoms with E-state index in [9.17, 15) is 5.11 Å². The molecule has 0 aromatic carbocycles. The molecule has 1 aromatic rings. The molecule has 1 unspecified atom stereocenters. The molecule has 2 N–H and O–H groups in total. The van der Waals surface area contributed by atoms with Gasteiger partial charge in [-0.05, 0) is 12.1 Å². The highest BCUT2D eigenvalue weighted by Crippen LogP contribution is 2.11. The molecule has 3 nitrogen and oxygen atoms in total. The zero-order valence-corrected chi connectivity index (χ0v) is 7.36. The van der Waals surface area contributed by atoms with Crippen LogP contribution < -0.4 is 5.32 Å². The molecule has 0 aliphatic heterocycles. The molecule has 0 radical (unpaired) electrons. The Morgan fingerprint density at radius 3 is 3.15 bits per heavy atom. The summed E-state index contributed by atoms with van der Waals surface area (Å²) in [5.41, 5.74) is 0. The van der Waals surface area contributed by atoms with Crippen LogP contribution in [-0.4, -0.2) is 18.2 Å². The smallest absolute Gasteiger partial charge is 0.133 e. The average Bonchev–Trinajstić information content (AvgIpc) is 2.65. The Labute approximate surface area is 77.8 Å². The third-order valence-corrected chi connectivity index (χ3v) is 1.66. The summed E-state index contributed by atoms with van der Waals surface area (Å²) in [6, 6.07) is 3.49. The fourth-order valence-electron chi connectivity index (χ4n) is 0.981. The maximum absolute atomic E-state index is 9.50. The van der Waals surface area contributed by atoms with Crippen molar-refractivity contribution in [3.8, 4) is 12.3 Å². The number of hydrogen-bond acceptors (Lipinski definition) is 3. The zero-order valence-electron chi connectivity index (χ0n) is 7.36. The lowest BCUT2D eigenvalue weighted by atomic mass is 10.2. The second kappa shape index (κ2) is 5.41. The predicted octanol–water partition coefficient (Wildman–Crippen LogP) is 0.926. The zero-order chi connectivity index (χ0) is 9.52. The second-order valence-corrected chi connectivity index (χ2v) is 2.69. The number of terminal acetylenes is 1. The molecule has 1 rings (SSSR count). The van der Waals surface area contributed by atoms with Crippen LogP contribution in [0.5, 0.6) is 0 Å². The number of hydrogen-bond donors (Lipinski definition) is 2. The Morgan fingerprint density at radius 2 is 2.54 bits per heavy atom. The number of aliphatic hydroxyl groups excluding tert-OH is 1. The standard InChI is InChI=1S/C10H13NO2/c1-2-3-6-11-8-9(12)10-5-4-7-13-10/h1,4-5,7,9,11-12H,3,6,8H2. The lowest BCUT2D eigenvalue weighted by Crippen LogP contribution is -2.21. The van der Waals surface area contributed by atoms with Crippen molar-refractivity contribution >= 4 is 0 Å². The molecule has 0 aliphatic carbocycles. The molecule has 3 heteroatoms. The van der Waals surface area contributed by atoms with Crippen molar-refractivity contribution in [3.05, 3.63) is 24.2 Å². The van der Waals surface area contributed by atoms with Crippen LogP contribution in [0, 0.1) is 12.3 Å². The third-order valence-electron chi connectivity index (χ3n) is 1.66. The van der Waals surface area contributed by atoms with E-state index in [-0.39, 0.29) is 0 Å². The SMILES string of the molecule is C#CCCNCC(O)c1ccco1. The first-order chi connectivity index (χ1) is 6.34. The largest absolute Gasteiger partial charge is 0.467 e. The minimum Gasteiger partial charge on any atom is -0.467 e. The van der Waals surface area contributed by atoms with Crippen molar-refractivity contribution in [3.63, 3.8) is 0 Å². The van der Waals surface area contributed by atoms with Gasteiger partial charge in [-0.2, -0.15) is 0 Å². The number of furan rings is 1. The topological polar surface area (TPSA) is 45.4 Å². The monoisotopic (exact) mass is 179 g/mol. The van der Waals surface area contributed by atoms with Gasteiger partial charge in [-0.1, -0.05) is 0 Å². The third kappa shape index (κ3) is 3.32. The summed E-state index contributed by atoms with van der Waals surface area (Å²) in [6.45, 7) is 1.18. The van der Waals surface area contributed by atoms with Gasteiger partial charge in [0, 0.05) is 19.5 Å². The summed E-state index contributed by atoms with van der Waals surface area (Å²) >= 11 is 0. The lowest BCUT2D eigenvalue weighted by Gasteiger charge is -2.07. The van der Waals surface area contributed by atoms with E-state index in [0.29, 0.717) is 25.3 Å². The van der Waals surface area contributed by atoms with Crippen molar-refractivity contribution < 1.29 is 9.52 Å². The Balaban J connectivity index is 2.19. The summed E-state index contributed by atoms with van der Waals surface area (Å²) in [5, 5.41) is 12.5. The van der Waals surface area contributed by atoms with Crippen LogP contribution >= 0.6 is 0 Å². The van der Waals surface area contributed by atoms with Gasteiger partial charge in [0.25, 0.3) is 0 Å². The van der Waals surface area contributed by atoms with Gasteiger partial charge in [0.05, 0.1) is 6.26 Å². The number of aliphatic hydroxyl groups is 1. The van der Waals surface area contributed by atoms with Gasteiger partial charge >= 0.3 is 0 Å². The molecular weight excluding hydrogens is 166 g/mol. The van der Waals surface area contributed by atoms with E-state index in [1.165, 1.54) is 0 Å². The summed E-state index contributed by atoms with van der Waals surface area (Å²) < 4.78 is 5.02. The maximum Gasteiger partial charge on any atom is 0.133 e. The van der Waals surface area contributed by atoms with Crippen molar-refractivity contribution in [1.29, 1.82) is 0 Å². The first kappa shape index (κ1) is 9.85. The Bertz CT molecular complexity index is 261. The molecule has 0 fully saturated rings. The van der Waals surface area contributed by atoms with Gasteiger partial charge in [-0.3, -0.25) is 0 Å². The minimum atomic E-state index is -0.590. The first-order valence-electron chi connectivity index (χ1n) is 4.20. The first-order valence-corrected chi connectivity index (χ1v) is 4.20. The van der Waals surface area contributed by atoms with Crippen molar-refractivity contribution in [2.45, 2.75) is 12.5 Å². The Hall–Kier alpha value is -1.24. The van der Waals surface area contributed by atoms with E-state index >= 15 is 0 Å². The van der Waals surface area contributed by atoms with Crippen molar-refractivity contribution in [2.75, 3.05) is 13.1 Å². The molecular formula is C10H13NO2. The van der Waals surface area contributed by atoms with Crippen LogP contribution in [0.25, 0.3) is 0 Å². The molecule has 70 valence electrons. The molecule has 1 atom stereocenters. The fraction of sp³-hybridized carbons (Fsp3) is 0.400. The summed E-state index contributed by atoms with van der Waals surface area (Å²) in [7, 11) is 0. The predicted molar refractivity (Wildman–Crippen MR) is 50.0 cm³/mol. The van der Waals surface area contributed by atoms with Gasteiger partial charge in [0.15, 0.2) is 0 Å². The van der Waals surface area contributed by atoms with Gasteiger partial charge in [0.1, 0.15) is 11.9 Å². The van der Waals surface area contributed by atoms with E-state index in [1.54, 1.807) is 18.4 Å². The van der Waals surface area contributed by atoms with Crippen LogP contribution in [0.2, 0.25) is 0 Å². The highest BCUT2D eigenvalue weighted by Gasteiger charge is 2.08. The summed E-state index contributed by atoms with van der Waals surface area (Å²) in [6.07, 6.45) is 6.69. The lowest BCUT2D eigenvalue weighted by molar-refractivity contribution is 0.148. The molecule has 0 saturated carbocycles. The normalized spacial score (nSPS) is 12.3. The fourth-order valence-corrected chi connectivity index (χ4v) is 0.981. The number of nitrogens with one attached hydrogen (secondary N) is 1. The van der Waals surface area contributed by atoms with E-state index < -0.39 is 6.10 Å². The molecule has 0 spiro atoms. The maximum atomic E-state index is 9.50. The molecule has 0 saturated heterocycles. The molecule has 1 heterocycles. The highest BCUT2D eigenvalue weighted by atomic mass is 16.4. The molecule has 0 amide bonds. The van der Waals surface area contributed by atoms with E-state index in [1.807, 2.05) is 0 Å². The molecule has 1 aromatic heterocycles. The highest BCUT2D eigenvalue weighted by molar-refractivity contribution is 5.02. The summed E-state index contributed by atoms with van der Waals surface area (Å²) in [4.78, 5) is 0. The van der Waals surface area contributed by atoms with Crippen molar-refractivity contribution in [2.24, 2.45) is 0 Å². The Kier molecular flexibility index (Phi) is 4.10.